The monoisotopic (exact) mass is 477 g/mol. The molecule has 0 aliphatic rings. The van der Waals surface area contributed by atoms with Crippen LogP contribution in [-0.4, -0.2) is 50.2 Å². The number of hydrogen-bond donors (Lipinski definition) is 2. The van der Waals surface area contributed by atoms with Crippen molar-refractivity contribution in [3.05, 3.63) is 47.3 Å². The Morgan fingerprint density at radius 2 is 1.88 bits per heavy atom. The molecule has 0 spiro atoms. The lowest BCUT2D eigenvalue weighted by atomic mass is 10.0. The van der Waals surface area contributed by atoms with Gasteiger partial charge in [-0.2, -0.15) is 4.98 Å². The summed E-state index contributed by atoms with van der Waals surface area (Å²) in [6.45, 7) is 1.70. The van der Waals surface area contributed by atoms with E-state index in [1.807, 2.05) is 0 Å². The second-order valence-electron chi connectivity index (χ2n) is 7.56. The van der Waals surface area contributed by atoms with Crippen molar-refractivity contribution in [2.75, 3.05) is 24.2 Å². The molecule has 3 aromatic rings. The van der Waals surface area contributed by atoms with Crippen LogP contribution in [0.1, 0.15) is 35.2 Å². The molecule has 3 rings (SSSR count). The Bertz CT molecular complexity index is 1300. The molecule has 0 fully saturated rings. The quantitative estimate of drug-likeness (QED) is 0.452. The lowest BCUT2D eigenvalue weighted by Gasteiger charge is -2.22. The van der Waals surface area contributed by atoms with Gasteiger partial charge in [-0.05, 0) is 55.7 Å². The van der Waals surface area contributed by atoms with Crippen molar-refractivity contribution in [2.45, 2.75) is 26.2 Å². The SMILES string of the molecule is CNC(=O)c1c(-c2ccc(F)cc2)oc2nc(N(CCCCC(=O)O)S(C)(=O)=O)c(C)cc12. The topological polar surface area (TPSA) is 130 Å². The zero-order chi connectivity index (χ0) is 24.3. The normalized spacial score (nSPS) is 11.5. The van der Waals surface area contributed by atoms with Crippen LogP contribution in [0.25, 0.3) is 22.4 Å². The Kier molecular flexibility index (Phi) is 7.01. The first-order chi connectivity index (χ1) is 15.5. The molecule has 0 saturated carbocycles. The number of aryl methyl sites for hydroxylation is 1. The molecule has 0 bridgehead atoms. The summed E-state index contributed by atoms with van der Waals surface area (Å²) in [7, 11) is -2.27. The molecule has 2 aromatic heterocycles. The van der Waals surface area contributed by atoms with E-state index in [-0.39, 0.29) is 35.8 Å². The van der Waals surface area contributed by atoms with Gasteiger partial charge < -0.3 is 14.8 Å². The van der Waals surface area contributed by atoms with Crippen LogP contribution in [0, 0.1) is 12.7 Å². The van der Waals surface area contributed by atoms with E-state index in [4.69, 9.17) is 9.52 Å². The Hall–Kier alpha value is -3.47. The van der Waals surface area contributed by atoms with Gasteiger partial charge in [0.25, 0.3) is 5.91 Å². The summed E-state index contributed by atoms with van der Waals surface area (Å²) < 4.78 is 45.3. The standard InChI is InChI=1S/C22H24FN3O6S/c1-13-12-16-18(21(29)24-2)19(14-7-9-15(23)10-8-14)32-22(16)25-20(13)26(33(3,30)31)11-5-4-6-17(27)28/h7-10,12H,4-6,11H2,1-3H3,(H,24,29)(H,27,28). The lowest BCUT2D eigenvalue weighted by Crippen LogP contribution is -2.32. The number of carboxylic acids is 1. The maximum atomic E-state index is 13.4. The first-order valence-corrected chi connectivity index (χ1v) is 12.0. The summed E-state index contributed by atoms with van der Waals surface area (Å²) in [6.07, 6.45) is 1.59. The average molecular weight is 478 g/mol. The molecule has 9 nitrogen and oxygen atoms in total. The van der Waals surface area contributed by atoms with E-state index in [9.17, 15) is 22.4 Å². The molecular formula is C22H24FN3O6S. The number of nitrogens with zero attached hydrogens (tertiary/aromatic N) is 2. The van der Waals surface area contributed by atoms with E-state index in [1.54, 1.807) is 13.0 Å². The molecule has 11 heteroatoms. The summed E-state index contributed by atoms with van der Waals surface area (Å²) in [4.78, 5) is 27.8. The number of nitrogens with one attached hydrogen (secondary N) is 1. The van der Waals surface area contributed by atoms with Gasteiger partial charge in [0.2, 0.25) is 15.7 Å². The molecule has 0 aliphatic carbocycles. The average Bonchev–Trinajstić information content (AvgIpc) is 3.10. The molecule has 2 heterocycles. The van der Waals surface area contributed by atoms with Crippen LogP contribution >= 0.6 is 0 Å². The number of furan rings is 1. The fourth-order valence-corrected chi connectivity index (χ4v) is 4.44. The number of hydrogen-bond acceptors (Lipinski definition) is 6. The number of amides is 1. The molecule has 1 amide bonds. The highest BCUT2D eigenvalue weighted by molar-refractivity contribution is 7.92. The maximum Gasteiger partial charge on any atom is 0.303 e. The number of carboxylic acid groups (broad SMARTS) is 1. The van der Waals surface area contributed by atoms with Crippen LogP contribution < -0.4 is 9.62 Å². The number of aliphatic carboxylic acids is 1. The van der Waals surface area contributed by atoms with E-state index < -0.39 is 27.7 Å². The van der Waals surface area contributed by atoms with E-state index >= 15 is 0 Å². The number of anilines is 1. The molecule has 33 heavy (non-hydrogen) atoms. The summed E-state index contributed by atoms with van der Waals surface area (Å²) >= 11 is 0. The predicted molar refractivity (Wildman–Crippen MR) is 121 cm³/mol. The smallest absolute Gasteiger partial charge is 0.303 e. The van der Waals surface area contributed by atoms with Crippen molar-refractivity contribution < 1.29 is 31.9 Å². The number of pyridine rings is 1. The number of halogens is 1. The molecular weight excluding hydrogens is 453 g/mol. The number of rotatable bonds is 9. The van der Waals surface area contributed by atoms with Gasteiger partial charge in [0.1, 0.15) is 17.4 Å². The Morgan fingerprint density at radius 3 is 2.45 bits per heavy atom. The number of carbonyl (C=O) groups is 2. The van der Waals surface area contributed by atoms with Crippen LogP contribution in [0.5, 0.6) is 0 Å². The van der Waals surface area contributed by atoms with Crippen molar-refractivity contribution in [1.29, 1.82) is 0 Å². The summed E-state index contributed by atoms with van der Waals surface area (Å²) in [5.41, 5.74) is 1.20. The van der Waals surface area contributed by atoms with Crippen molar-refractivity contribution >= 4 is 38.8 Å². The molecule has 1 aromatic carbocycles. The molecule has 0 unspecified atom stereocenters. The van der Waals surface area contributed by atoms with Crippen molar-refractivity contribution in [3.63, 3.8) is 0 Å². The Morgan fingerprint density at radius 1 is 1.21 bits per heavy atom. The fourth-order valence-electron chi connectivity index (χ4n) is 3.48. The first-order valence-electron chi connectivity index (χ1n) is 10.1. The van der Waals surface area contributed by atoms with Gasteiger partial charge in [-0.25, -0.2) is 12.8 Å². The minimum atomic E-state index is -3.73. The molecule has 0 radical (unpaired) electrons. The lowest BCUT2D eigenvalue weighted by molar-refractivity contribution is -0.137. The van der Waals surface area contributed by atoms with E-state index in [1.165, 1.54) is 31.3 Å². The molecule has 176 valence electrons. The van der Waals surface area contributed by atoms with Gasteiger partial charge in [-0.15, -0.1) is 0 Å². The van der Waals surface area contributed by atoms with Crippen LogP contribution in [0.15, 0.2) is 34.7 Å². The van der Waals surface area contributed by atoms with Crippen molar-refractivity contribution in [1.82, 2.24) is 10.3 Å². The number of aromatic nitrogens is 1. The van der Waals surface area contributed by atoms with Gasteiger partial charge in [-0.1, -0.05) is 0 Å². The maximum absolute atomic E-state index is 13.4. The van der Waals surface area contributed by atoms with Crippen molar-refractivity contribution in [2.24, 2.45) is 0 Å². The number of benzene rings is 1. The number of carbonyl (C=O) groups excluding carboxylic acids is 1. The van der Waals surface area contributed by atoms with E-state index in [0.717, 1.165) is 10.6 Å². The second-order valence-corrected chi connectivity index (χ2v) is 9.47. The van der Waals surface area contributed by atoms with Gasteiger partial charge in [-0.3, -0.25) is 13.9 Å². The zero-order valence-corrected chi connectivity index (χ0v) is 19.2. The number of unbranched alkanes of at least 4 members (excludes halogenated alkanes) is 1. The van der Waals surface area contributed by atoms with Gasteiger partial charge >= 0.3 is 5.97 Å². The third-order valence-corrected chi connectivity index (χ3v) is 6.20. The third kappa shape index (κ3) is 5.30. The zero-order valence-electron chi connectivity index (χ0n) is 18.4. The fraction of sp³-hybridized carbons (Fsp3) is 0.318. The molecule has 0 aliphatic heterocycles. The van der Waals surface area contributed by atoms with Gasteiger partial charge in [0, 0.05) is 25.6 Å². The minimum Gasteiger partial charge on any atom is -0.481 e. The summed E-state index contributed by atoms with van der Waals surface area (Å²) in [5, 5.41) is 11.7. The van der Waals surface area contributed by atoms with E-state index in [2.05, 4.69) is 10.3 Å². The summed E-state index contributed by atoms with van der Waals surface area (Å²) in [6, 6.07) is 7.04. The van der Waals surface area contributed by atoms with Crippen LogP contribution in [0.2, 0.25) is 0 Å². The second kappa shape index (κ2) is 9.57. The Labute approximate surface area is 190 Å². The van der Waals surface area contributed by atoms with Crippen molar-refractivity contribution in [3.8, 4) is 11.3 Å². The number of fused-ring (bicyclic) bond motifs is 1. The van der Waals surface area contributed by atoms with Crippen LogP contribution in [0.3, 0.4) is 0 Å². The Balaban J connectivity index is 2.12. The molecule has 0 atom stereocenters. The third-order valence-electron chi connectivity index (χ3n) is 5.05. The number of sulfonamides is 1. The molecule has 2 N–H and O–H groups in total. The van der Waals surface area contributed by atoms with E-state index in [0.29, 0.717) is 29.4 Å². The van der Waals surface area contributed by atoms with Crippen LogP contribution in [-0.2, 0) is 14.8 Å². The highest BCUT2D eigenvalue weighted by Gasteiger charge is 2.26. The molecule has 0 saturated heterocycles. The van der Waals surface area contributed by atoms with Gasteiger partial charge in [0.15, 0.2) is 0 Å². The highest BCUT2D eigenvalue weighted by Crippen LogP contribution is 2.36. The van der Waals surface area contributed by atoms with Crippen LogP contribution in [0.4, 0.5) is 10.2 Å². The minimum absolute atomic E-state index is 0.0410. The summed E-state index contributed by atoms with van der Waals surface area (Å²) in [5.74, 6) is -1.53. The first kappa shape index (κ1) is 24.2. The largest absolute Gasteiger partial charge is 0.481 e. The predicted octanol–water partition coefficient (Wildman–Crippen LogP) is 3.32. The highest BCUT2D eigenvalue weighted by atomic mass is 32.2. The van der Waals surface area contributed by atoms with Gasteiger partial charge in [0.05, 0.1) is 17.2 Å².